The number of aliphatic hydroxyl groups is 2. The fraction of sp³-hybridized carbons (Fsp3) is 0.789. The second kappa shape index (κ2) is 29.6. The van der Waals surface area contributed by atoms with Crippen LogP contribution >= 0.6 is 24.4 Å². The summed E-state index contributed by atoms with van der Waals surface area (Å²) in [5, 5.41) is 22.3. The van der Waals surface area contributed by atoms with Crippen molar-refractivity contribution >= 4 is 59.8 Å². The molecule has 0 bridgehead atoms. The largest absolute Gasteiger partial charge is 0.396 e. The van der Waals surface area contributed by atoms with Crippen LogP contribution < -0.4 is 10.6 Å². The van der Waals surface area contributed by atoms with E-state index in [2.05, 4.69) is 23.3 Å². The van der Waals surface area contributed by atoms with Gasteiger partial charge in [-0.15, -0.1) is 11.8 Å². The molecule has 0 aromatic carbocycles. The zero-order valence-electron chi connectivity index (χ0n) is 33.0. The zero-order valence-corrected chi connectivity index (χ0v) is 34.7. The van der Waals surface area contributed by atoms with E-state index in [1.54, 1.807) is 14.2 Å². The second-order valence-corrected chi connectivity index (χ2v) is 15.6. The van der Waals surface area contributed by atoms with Crippen LogP contribution in [0, 0.1) is 11.8 Å². The minimum absolute atomic E-state index is 0.00105. The molecule has 1 saturated heterocycles. The maximum Gasteiger partial charge on any atom is 0.253 e. The summed E-state index contributed by atoms with van der Waals surface area (Å²) in [6.45, 7) is 4.28. The van der Waals surface area contributed by atoms with Crippen molar-refractivity contribution in [3.05, 3.63) is 12.2 Å². The number of carbonyl (C=O) groups excluding carboxylic acids is 6. The lowest BCUT2D eigenvalue weighted by atomic mass is 9.85. The van der Waals surface area contributed by atoms with Crippen molar-refractivity contribution in [2.45, 2.75) is 88.0 Å². The number of hydrogen-bond acceptors (Lipinski definition) is 14. The maximum absolute atomic E-state index is 12.5. The number of thiol groups is 1. The molecule has 320 valence electrons. The minimum Gasteiger partial charge on any atom is -0.396 e. The van der Waals surface area contributed by atoms with Gasteiger partial charge in [-0.05, 0) is 63.2 Å². The SMILES string of the molecule is COCCOCCC(=O)NCC1CCC(N2C(=O)C=CC2=O)CC1.COCCOCCC(=O)NCC1CCC(N2C(=O)CC(SCCO)C2=O)CC1.OCCS. The van der Waals surface area contributed by atoms with Gasteiger partial charge < -0.3 is 39.8 Å². The van der Waals surface area contributed by atoms with Crippen LogP contribution in [-0.4, -0.2) is 164 Å². The lowest BCUT2D eigenvalue weighted by molar-refractivity contribution is -0.143. The Balaban J connectivity index is 0.000000356. The average molecular weight is 833 g/mol. The Bertz CT molecular complexity index is 1210. The smallest absolute Gasteiger partial charge is 0.253 e. The predicted octanol–water partition coefficient (Wildman–Crippen LogP) is 1.12. The Kier molecular flexibility index (Phi) is 26.2. The van der Waals surface area contributed by atoms with E-state index in [1.165, 1.54) is 33.7 Å². The van der Waals surface area contributed by atoms with Gasteiger partial charge in [0.15, 0.2) is 0 Å². The number of imide groups is 2. The first kappa shape index (κ1) is 49.6. The third-order valence-electron chi connectivity index (χ3n) is 9.84. The maximum atomic E-state index is 12.5. The minimum atomic E-state index is -0.345. The molecule has 2 saturated carbocycles. The standard InChI is InChI=1S/C19H32N2O6S.C17H26N2O5.C2H6OS/c1-26-9-10-27-8-6-17(23)20-13-14-2-4-15(5-3-14)21-18(24)12-16(19(21)25)28-11-7-22;1-23-10-11-24-9-8-15(20)18-12-13-2-4-14(5-3-13)19-16(21)6-7-17(19)22;3-1-2-4/h14-16,22H,2-13H2,1H3,(H,20,23);6-7,13-14H,2-5,8-12H2,1H3,(H,18,20);3-4H,1-2H2. The van der Waals surface area contributed by atoms with Crippen molar-refractivity contribution in [2.75, 3.05) is 91.7 Å². The van der Waals surface area contributed by atoms with Crippen molar-refractivity contribution < 1.29 is 57.9 Å². The molecular formula is C38H64N4O12S2. The lowest BCUT2D eigenvalue weighted by Crippen LogP contribution is -2.43. The summed E-state index contributed by atoms with van der Waals surface area (Å²) in [7, 11) is 3.21. The molecular weight excluding hydrogens is 769 g/mol. The quantitative estimate of drug-likeness (QED) is 0.0590. The number of ether oxygens (including phenoxy) is 4. The molecule has 2 aliphatic carbocycles. The van der Waals surface area contributed by atoms with Gasteiger partial charge in [-0.3, -0.25) is 38.6 Å². The highest BCUT2D eigenvalue weighted by Gasteiger charge is 2.43. The highest BCUT2D eigenvalue weighted by Crippen LogP contribution is 2.33. The predicted molar refractivity (Wildman–Crippen MR) is 214 cm³/mol. The summed E-state index contributed by atoms with van der Waals surface area (Å²) < 4.78 is 20.3. The zero-order chi connectivity index (χ0) is 41.1. The van der Waals surface area contributed by atoms with Crippen LogP contribution in [-0.2, 0) is 47.7 Å². The van der Waals surface area contributed by atoms with E-state index in [4.69, 9.17) is 29.2 Å². The first-order valence-electron chi connectivity index (χ1n) is 19.6. The van der Waals surface area contributed by atoms with Gasteiger partial charge in [-0.1, -0.05) is 0 Å². The second-order valence-electron chi connectivity index (χ2n) is 13.9. The topological polar surface area (TPSA) is 210 Å². The average Bonchev–Trinajstić information content (AvgIpc) is 3.70. The molecule has 56 heavy (non-hydrogen) atoms. The van der Waals surface area contributed by atoms with Gasteiger partial charge in [0.1, 0.15) is 0 Å². The van der Waals surface area contributed by atoms with Crippen LogP contribution in [0.1, 0.15) is 70.6 Å². The number of thioether (sulfide) groups is 1. The number of nitrogens with zero attached hydrogens (tertiary/aromatic N) is 2. The van der Waals surface area contributed by atoms with E-state index in [1.807, 2.05) is 0 Å². The molecule has 0 aromatic heterocycles. The Labute approximate surface area is 340 Å². The number of aliphatic hydroxyl groups excluding tert-OH is 2. The van der Waals surface area contributed by atoms with E-state index in [0.29, 0.717) is 88.9 Å². The number of amides is 6. The fourth-order valence-electron chi connectivity index (χ4n) is 6.83. The van der Waals surface area contributed by atoms with Gasteiger partial charge in [0.2, 0.25) is 23.6 Å². The first-order valence-corrected chi connectivity index (χ1v) is 21.3. The van der Waals surface area contributed by atoms with Crippen LogP contribution in [0.3, 0.4) is 0 Å². The van der Waals surface area contributed by atoms with Crippen LogP contribution in [0.5, 0.6) is 0 Å². The monoisotopic (exact) mass is 832 g/mol. The molecule has 1 unspecified atom stereocenters. The fourth-order valence-corrected chi connectivity index (χ4v) is 7.74. The molecule has 0 radical (unpaired) electrons. The van der Waals surface area contributed by atoms with E-state index < -0.39 is 0 Å². The summed E-state index contributed by atoms with van der Waals surface area (Å²) >= 11 is 5.03. The van der Waals surface area contributed by atoms with Crippen LogP contribution in [0.15, 0.2) is 12.2 Å². The molecule has 18 heteroatoms. The Hall–Kier alpha value is -2.58. The van der Waals surface area contributed by atoms with E-state index in [0.717, 1.165) is 51.4 Å². The number of methoxy groups -OCH3 is 2. The molecule has 6 amide bonds. The van der Waals surface area contributed by atoms with Crippen LogP contribution in [0.4, 0.5) is 0 Å². The van der Waals surface area contributed by atoms with E-state index in [9.17, 15) is 28.8 Å². The van der Waals surface area contributed by atoms with Crippen molar-refractivity contribution in [1.29, 1.82) is 0 Å². The number of nitrogens with one attached hydrogen (secondary N) is 2. The summed E-state index contributed by atoms with van der Waals surface area (Å²) in [4.78, 5) is 74.6. The molecule has 2 aliphatic heterocycles. The number of carbonyl (C=O) groups is 6. The molecule has 4 N–H and O–H groups in total. The van der Waals surface area contributed by atoms with Gasteiger partial charge in [0.25, 0.3) is 11.8 Å². The summed E-state index contributed by atoms with van der Waals surface area (Å²) in [5.41, 5.74) is 0. The molecule has 1 atom stereocenters. The number of likely N-dealkylation sites (tertiary alicyclic amines) is 1. The van der Waals surface area contributed by atoms with E-state index in [-0.39, 0.29) is 72.4 Å². The molecule has 0 spiro atoms. The van der Waals surface area contributed by atoms with E-state index >= 15 is 0 Å². The van der Waals surface area contributed by atoms with Crippen LogP contribution in [0.2, 0.25) is 0 Å². The molecule has 4 rings (SSSR count). The first-order chi connectivity index (χ1) is 27.1. The van der Waals surface area contributed by atoms with Gasteiger partial charge >= 0.3 is 0 Å². The van der Waals surface area contributed by atoms with Crippen molar-refractivity contribution in [1.82, 2.24) is 20.4 Å². The Morgan fingerprint density at radius 1 is 0.714 bits per heavy atom. The third-order valence-corrected chi connectivity index (χ3v) is 11.2. The van der Waals surface area contributed by atoms with Crippen molar-refractivity contribution in [2.24, 2.45) is 11.8 Å². The van der Waals surface area contributed by atoms with Crippen LogP contribution in [0.25, 0.3) is 0 Å². The van der Waals surface area contributed by atoms with Crippen molar-refractivity contribution in [3.63, 3.8) is 0 Å². The van der Waals surface area contributed by atoms with Gasteiger partial charge in [0.05, 0.1) is 58.1 Å². The molecule has 3 fully saturated rings. The molecule has 16 nitrogen and oxygen atoms in total. The lowest BCUT2D eigenvalue weighted by Gasteiger charge is -2.33. The van der Waals surface area contributed by atoms with Crippen molar-refractivity contribution in [3.8, 4) is 0 Å². The number of hydrogen-bond donors (Lipinski definition) is 5. The summed E-state index contributed by atoms with van der Waals surface area (Å²) in [6, 6.07) is -0.0259. The van der Waals surface area contributed by atoms with Gasteiger partial charge in [-0.25, -0.2) is 0 Å². The summed E-state index contributed by atoms with van der Waals surface area (Å²) in [6.07, 6.45) is 10.4. The van der Waals surface area contributed by atoms with Gasteiger partial charge in [0, 0.05) is 82.3 Å². The normalized spacial score (nSPS) is 23.4. The summed E-state index contributed by atoms with van der Waals surface area (Å²) in [5.74, 6) is 1.19. The highest BCUT2D eigenvalue weighted by atomic mass is 32.2. The number of rotatable bonds is 22. The molecule has 4 aliphatic rings. The molecule has 0 aromatic rings. The Morgan fingerprint density at radius 3 is 1.57 bits per heavy atom. The molecule has 2 heterocycles. The Morgan fingerprint density at radius 2 is 1.16 bits per heavy atom. The third kappa shape index (κ3) is 18.8. The highest BCUT2D eigenvalue weighted by molar-refractivity contribution is 8.00. The van der Waals surface area contributed by atoms with Gasteiger partial charge in [-0.2, -0.15) is 12.6 Å².